The predicted molar refractivity (Wildman–Crippen MR) is 134 cm³/mol. The van der Waals surface area contributed by atoms with Gasteiger partial charge in [0.25, 0.3) is 5.89 Å². The highest BCUT2D eigenvalue weighted by molar-refractivity contribution is 7.80. The molecule has 34 heavy (non-hydrogen) atoms. The molecule has 0 amide bonds. The fraction of sp³-hybridized carbons (Fsp3) is 0.346. The molecule has 0 radical (unpaired) electrons. The normalized spacial score (nSPS) is 20.6. The van der Waals surface area contributed by atoms with Gasteiger partial charge in [0, 0.05) is 17.9 Å². The van der Waals surface area contributed by atoms with Gasteiger partial charge in [0.05, 0.1) is 31.4 Å². The molecule has 7 nitrogen and oxygen atoms in total. The second kappa shape index (κ2) is 9.56. The number of benzene rings is 2. The Balaban J connectivity index is 1.56. The maximum absolute atomic E-state index is 5.89. The molecule has 1 N–H and O–H groups in total. The lowest BCUT2D eigenvalue weighted by Crippen LogP contribution is -2.48. The van der Waals surface area contributed by atoms with Gasteiger partial charge in [0.2, 0.25) is 5.82 Å². The molecule has 8 heteroatoms. The largest absolute Gasteiger partial charge is 0.497 e. The number of aryl methyl sites for hydroxylation is 1. The smallest absolute Gasteiger partial charge is 0.258 e. The minimum atomic E-state index is -0.232. The first-order valence-electron chi connectivity index (χ1n) is 11.5. The lowest BCUT2D eigenvalue weighted by atomic mass is 9.94. The van der Waals surface area contributed by atoms with Crippen molar-refractivity contribution < 1.29 is 14.0 Å². The molecule has 3 aromatic rings. The van der Waals surface area contributed by atoms with Crippen molar-refractivity contribution in [3.8, 4) is 17.1 Å². The minimum absolute atomic E-state index is 0.152. The van der Waals surface area contributed by atoms with Gasteiger partial charge in [-0.05, 0) is 62.7 Å². The van der Waals surface area contributed by atoms with Crippen molar-refractivity contribution in [3.05, 3.63) is 71.2 Å². The van der Waals surface area contributed by atoms with Gasteiger partial charge in [-0.2, -0.15) is 4.98 Å². The summed E-state index contributed by atoms with van der Waals surface area (Å²) in [6.45, 7) is 5.60. The molecule has 176 valence electrons. The summed E-state index contributed by atoms with van der Waals surface area (Å²) in [7, 11) is 1.66. The topological polar surface area (TPSA) is 72.7 Å². The van der Waals surface area contributed by atoms with Crippen LogP contribution in [-0.4, -0.2) is 46.5 Å². The van der Waals surface area contributed by atoms with E-state index in [4.69, 9.17) is 31.2 Å². The quantitative estimate of drug-likeness (QED) is 0.504. The van der Waals surface area contributed by atoms with E-state index in [1.165, 1.54) is 0 Å². The van der Waals surface area contributed by atoms with Crippen LogP contribution in [0.25, 0.3) is 17.0 Å². The van der Waals surface area contributed by atoms with Crippen molar-refractivity contribution in [3.63, 3.8) is 0 Å². The van der Waals surface area contributed by atoms with Crippen LogP contribution in [0.15, 0.2) is 58.8 Å². The summed E-state index contributed by atoms with van der Waals surface area (Å²) in [6, 6.07) is 15.8. The van der Waals surface area contributed by atoms with Gasteiger partial charge in [0.15, 0.2) is 5.11 Å². The van der Waals surface area contributed by atoms with Crippen molar-refractivity contribution in [2.45, 2.75) is 38.8 Å². The molecular formula is C26H28N4O3S. The van der Waals surface area contributed by atoms with Crippen molar-refractivity contribution in [2.24, 2.45) is 0 Å². The van der Waals surface area contributed by atoms with Crippen LogP contribution in [0.5, 0.6) is 5.75 Å². The summed E-state index contributed by atoms with van der Waals surface area (Å²) in [6.07, 6.45) is 2.26. The lowest BCUT2D eigenvalue weighted by molar-refractivity contribution is 0.0962. The Morgan fingerprint density at radius 1 is 1.18 bits per heavy atom. The average molecular weight is 477 g/mol. The Labute approximate surface area is 204 Å². The molecule has 0 aliphatic carbocycles. The van der Waals surface area contributed by atoms with E-state index >= 15 is 0 Å². The van der Waals surface area contributed by atoms with Gasteiger partial charge in [-0.3, -0.25) is 0 Å². The first kappa shape index (κ1) is 22.6. The third kappa shape index (κ3) is 4.43. The van der Waals surface area contributed by atoms with Crippen molar-refractivity contribution >= 4 is 22.9 Å². The Hall–Kier alpha value is -3.23. The van der Waals surface area contributed by atoms with E-state index in [9.17, 15) is 0 Å². The van der Waals surface area contributed by atoms with Crippen LogP contribution < -0.4 is 10.1 Å². The van der Waals surface area contributed by atoms with E-state index in [1.54, 1.807) is 7.11 Å². The first-order valence-corrected chi connectivity index (χ1v) is 11.9. The monoisotopic (exact) mass is 476 g/mol. The minimum Gasteiger partial charge on any atom is -0.497 e. The summed E-state index contributed by atoms with van der Waals surface area (Å²) in [5.74, 6) is 1.83. The second-order valence-corrected chi connectivity index (χ2v) is 9.08. The number of thiocarbonyl (C=S) groups is 1. The van der Waals surface area contributed by atoms with Crippen molar-refractivity contribution in [1.82, 2.24) is 20.4 Å². The van der Waals surface area contributed by atoms with E-state index in [0.717, 1.165) is 53.2 Å². The zero-order valence-corrected chi connectivity index (χ0v) is 20.4. The molecule has 3 heterocycles. The number of ether oxygens (including phenoxy) is 2. The van der Waals surface area contributed by atoms with Crippen molar-refractivity contribution in [1.29, 1.82) is 0 Å². The van der Waals surface area contributed by atoms with E-state index in [-0.39, 0.29) is 12.1 Å². The van der Waals surface area contributed by atoms with Gasteiger partial charge in [0.1, 0.15) is 5.75 Å². The molecular weight excluding hydrogens is 448 g/mol. The fourth-order valence-electron chi connectivity index (χ4n) is 4.55. The molecule has 2 unspecified atom stereocenters. The van der Waals surface area contributed by atoms with Crippen LogP contribution in [0.4, 0.5) is 0 Å². The molecule has 1 aromatic heterocycles. The highest BCUT2D eigenvalue weighted by atomic mass is 32.1. The maximum atomic E-state index is 5.89. The molecule has 0 spiro atoms. The van der Waals surface area contributed by atoms with E-state index in [1.807, 2.05) is 49.4 Å². The Bertz CT molecular complexity index is 1210. The number of hydrogen-bond acceptors (Lipinski definition) is 6. The number of methoxy groups -OCH3 is 1. The summed E-state index contributed by atoms with van der Waals surface area (Å²) in [4.78, 5) is 6.89. The van der Waals surface area contributed by atoms with Crippen LogP contribution >= 0.6 is 12.2 Å². The van der Waals surface area contributed by atoms with Crippen LogP contribution in [0.1, 0.15) is 42.8 Å². The Morgan fingerprint density at radius 3 is 2.71 bits per heavy atom. The van der Waals surface area contributed by atoms with E-state index < -0.39 is 0 Å². The molecule has 2 atom stereocenters. The van der Waals surface area contributed by atoms with Gasteiger partial charge < -0.3 is 24.2 Å². The number of hydrogen-bond donors (Lipinski definition) is 1. The average Bonchev–Trinajstić information content (AvgIpc) is 3.54. The highest BCUT2D eigenvalue weighted by Gasteiger charge is 2.35. The Morgan fingerprint density at radius 2 is 2.00 bits per heavy atom. The summed E-state index contributed by atoms with van der Waals surface area (Å²) < 4.78 is 17.1. The molecule has 0 saturated carbocycles. The molecule has 1 saturated heterocycles. The van der Waals surface area contributed by atoms with Crippen LogP contribution in [0, 0.1) is 6.92 Å². The molecule has 0 bridgehead atoms. The fourth-order valence-corrected chi connectivity index (χ4v) is 4.88. The first-order chi connectivity index (χ1) is 16.5. The third-order valence-corrected chi connectivity index (χ3v) is 6.73. The molecule has 1 fully saturated rings. The van der Waals surface area contributed by atoms with E-state index in [2.05, 4.69) is 28.4 Å². The molecule has 2 aliphatic heterocycles. The Kier molecular flexibility index (Phi) is 6.34. The summed E-state index contributed by atoms with van der Waals surface area (Å²) in [5, 5.41) is 8.47. The maximum Gasteiger partial charge on any atom is 0.258 e. The molecule has 2 aliphatic rings. The van der Waals surface area contributed by atoms with Crippen molar-refractivity contribution in [2.75, 3.05) is 20.3 Å². The number of aromatic nitrogens is 2. The summed E-state index contributed by atoms with van der Waals surface area (Å²) >= 11 is 5.80. The standard InChI is InChI=1S/C26H28N4O3S/c1-16-6-4-7-19(14-16)24-28-25(33-29-24)22-17(2)30(15-21-8-5-13-32-21)26(34)27-23(22)18-9-11-20(31-3)12-10-18/h4,6-7,9-12,14,21,23H,5,8,13,15H2,1-3H3,(H,27,34). The zero-order valence-electron chi connectivity index (χ0n) is 19.6. The SMILES string of the molecule is COc1ccc(C2NC(=S)N(CC3CCCO3)C(C)=C2c2nc(-c3cccc(C)c3)no2)cc1. The van der Waals surface area contributed by atoms with E-state index in [0.29, 0.717) is 23.4 Å². The highest BCUT2D eigenvalue weighted by Crippen LogP contribution is 2.38. The molecule has 5 rings (SSSR count). The van der Waals surface area contributed by atoms with Crippen LogP contribution in [0.3, 0.4) is 0 Å². The number of nitrogens with zero attached hydrogens (tertiary/aromatic N) is 3. The second-order valence-electron chi connectivity index (χ2n) is 8.69. The van der Waals surface area contributed by atoms with Gasteiger partial charge in [-0.15, -0.1) is 0 Å². The third-order valence-electron chi connectivity index (χ3n) is 6.39. The summed E-state index contributed by atoms with van der Waals surface area (Å²) in [5.41, 5.74) is 4.99. The van der Waals surface area contributed by atoms with Gasteiger partial charge >= 0.3 is 0 Å². The lowest BCUT2D eigenvalue weighted by Gasteiger charge is -2.38. The van der Waals surface area contributed by atoms with Gasteiger partial charge in [-0.1, -0.05) is 41.1 Å². The zero-order chi connectivity index (χ0) is 23.7. The number of nitrogens with one attached hydrogen (secondary N) is 1. The van der Waals surface area contributed by atoms with Crippen LogP contribution in [-0.2, 0) is 4.74 Å². The molecule has 2 aromatic carbocycles. The number of rotatable bonds is 6. The number of allylic oxidation sites excluding steroid dienone is 1. The van der Waals surface area contributed by atoms with Crippen LogP contribution in [0.2, 0.25) is 0 Å². The predicted octanol–water partition coefficient (Wildman–Crippen LogP) is 4.90. The van der Waals surface area contributed by atoms with Gasteiger partial charge in [-0.25, -0.2) is 0 Å².